The number of benzene rings is 5. The SMILES string of the molecule is Cc1ccc(-c2ccc3c(c2)c([C@@H]2c4c(-c5ccccc5)oc(C)c4[C@H](c4ccccc4)[C@H]2c2ccc(C)cc2)cn3C)cc1. The Labute approximate surface area is 265 Å². The molecule has 2 heterocycles. The Kier molecular flexibility index (Phi) is 6.60. The zero-order valence-corrected chi connectivity index (χ0v) is 26.3. The van der Waals surface area contributed by atoms with Crippen LogP contribution in [0.4, 0.5) is 0 Å². The second-order valence-corrected chi connectivity index (χ2v) is 12.8. The van der Waals surface area contributed by atoms with Crippen LogP contribution < -0.4 is 0 Å². The summed E-state index contributed by atoms with van der Waals surface area (Å²) in [6, 6.07) is 46.8. The summed E-state index contributed by atoms with van der Waals surface area (Å²) in [5.41, 5.74) is 14.1. The van der Waals surface area contributed by atoms with Crippen molar-refractivity contribution in [3.8, 4) is 22.5 Å². The van der Waals surface area contributed by atoms with Gasteiger partial charge in [0.15, 0.2) is 0 Å². The van der Waals surface area contributed by atoms with Crippen molar-refractivity contribution in [1.29, 1.82) is 0 Å². The molecule has 0 bridgehead atoms. The van der Waals surface area contributed by atoms with E-state index in [4.69, 9.17) is 4.42 Å². The molecule has 7 aromatic rings. The number of nitrogens with zero attached hydrogens (tertiary/aromatic N) is 1. The Morgan fingerprint density at radius 2 is 1.18 bits per heavy atom. The van der Waals surface area contributed by atoms with Crippen LogP contribution in [0.15, 0.2) is 138 Å². The van der Waals surface area contributed by atoms with E-state index in [0.29, 0.717) is 0 Å². The van der Waals surface area contributed by atoms with Gasteiger partial charge in [-0.2, -0.15) is 0 Å². The van der Waals surface area contributed by atoms with Gasteiger partial charge in [-0.1, -0.05) is 126 Å². The predicted molar refractivity (Wildman–Crippen MR) is 186 cm³/mol. The standard InChI is InChI=1S/C43H37NO/c1-27-15-19-30(20-16-27)34-23-24-37-35(25-34)36(26-44(37)4)41-40(32-21-17-28(2)18-22-32)39(31-11-7-5-8-12-31)38-29(3)45-43(42(38)41)33-13-9-6-10-14-33/h5-26,39-41H,1-4H3/t39-,40+,41-/m0/s1. The average Bonchev–Trinajstić information content (AvgIpc) is 3.71. The molecule has 5 aromatic carbocycles. The summed E-state index contributed by atoms with van der Waals surface area (Å²) >= 11 is 0. The van der Waals surface area contributed by atoms with E-state index in [1.165, 1.54) is 61.0 Å². The van der Waals surface area contributed by atoms with Crippen molar-refractivity contribution >= 4 is 10.9 Å². The zero-order chi connectivity index (χ0) is 30.7. The lowest BCUT2D eigenvalue weighted by molar-refractivity contribution is 0.511. The third kappa shape index (κ3) is 4.56. The molecule has 0 saturated carbocycles. The summed E-state index contributed by atoms with van der Waals surface area (Å²) < 4.78 is 9.10. The average molecular weight is 584 g/mol. The van der Waals surface area contributed by atoms with Crippen LogP contribution in [-0.4, -0.2) is 4.57 Å². The van der Waals surface area contributed by atoms with Crippen molar-refractivity contribution in [2.24, 2.45) is 7.05 Å². The van der Waals surface area contributed by atoms with Gasteiger partial charge in [-0.25, -0.2) is 0 Å². The number of aryl methyl sites for hydroxylation is 4. The molecule has 220 valence electrons. The van der Waals surface area contributed by atoms with Crippen LogP contribution in [0, 0.1) is 20.8 Å². The fourth-order valence-corrected chi connectivity index (χ4v) is 7.78. The maximum Gasteiger partial charge on any atom is 0.138 e. The van der Waals surface area contributed by atoms with Crippen LogP contribution in [-0.2, 0) is 7.05 Å². The van der Waals surface area contributed by atoms with Crippen molar-refractivity contribution in [2.75, 3.05) is 0 Å². The minimum atomic E-state index is 0.0949. The molecule has 0 spiro atoms. The van der Waals surface area contributed by atoms with E-state index < -0.39 is 0 Å². The van der Waals surface area contributed by atoms with Crippen molar-refractivity contribution < 1.29 is 4.42 Å². The number of hydrogen-bond acceptors (Lipinski definition) is 1. The lowest BCUT2D eigenvalue weighted by atomic mass is 9.75. The van der Waals surface area contributed by atoms with E-state index in [-0.39, 0.29) is 17.8 Å². The molecule has 0 aliphatic heterocycles. The van der Waals surface area contributed by atoms with Crippen molar-refractivity contribution in [3.63, 3.8) is 0 Å². The van der Waals surface area contributed by atoms with E-state index in [2.05, 4.69) is 166 Å². The summed E-state index contributed by atoms with van der Waals surface area (Å²) in [4.78, 5) is 0. The lowest BCUT2D eigenvalue weighted by Crippen LogP contribution is -2.14. The Balaban J connectivity index is 1.44. The molecule has 45 heavy (non-hydrogen) atoms. The number of rotatable bonds is 5. The molecular weight excluding hydrogens is 546 g/mol. The fourth-order valence-electron chi connectivity index (χ4n) is 7.78. The number of aromatic nitrogens is 1. The van der Waals surface area contributed by atoms with Gasteiger partial charge in [0.05, 0.1) is 0 Å². The molecule has 2 heteroatoms. The second kappa shape index (κ2) is 10.8. The maximum atomic E-state index is 6.80. The first-order valence-corrected chi connectivity index (χ1v) is 15.9. The molecule has 0 fully saturated rings. The summed E-state index contributed by atoms with van der Waals surface area (Å²) in [6.07, 6.45) is 2.38. The van der Waals surface area contributed by atoms with Gasteiger partial charge < -0.3 is 8.98 Å². The second-order valence-electron chi connectivity index (χ2n) is 12.8. The Morgan fingerprint density at radius 3 is 1.87 bits per heavy atom. The van der Waals surface area contributed by atoms with Crippen LogP contribution >= 0.6 is 0 Å². The summed E-state index contributed by atoms with van der Waals surface area (Å²) in [7, 11) is 2.18. The molecule has 3 atom stereocenters. The largest absolute Gasteiger partial charge is 0.461 e. The van der Waals surface area contributed by atoms with Crippen molar-refractivity contribution in [3.05, 3.63) is 178 Å². The maximum absolute atomic E-state index is 6.80. The minimum absolute atomic E-state index is 0.0949. The van der Waals surface area contributed by atoms with Crippen LogP contribution in [0.25, 0.3) is 33.4 Å². The van der Waals surface area contributed by atoms with Gasteiger partial charge in [0.2, 0.25) is 0 Å². The smallest absolute Gasteiger partial charge is 0.138 e. The zero-order valence-electron chi connectivity index (χ0n) is 26.3. The summed E-state index contributed by atoms with van der Waals surface area (Å²) in [5.74, 6) is 2.46. The van der Waals surface area contributed by atoms with Gasteiger partial charge >= 0.3 is 0 Å². The van der Waals surface area contributed by atoms with E-state index in [1.54, 1.807) is 0 Å². The summed E-state index contributed by atoms with van der Waals surface area (Å²) in [6.45, 7) is 6.48. The number of hydrogen-bond donors (Lipinski definition) is 0. The highest BCUT2D eigenvalue weighted by Gasteiger charge is 2.48. The van der Waals surface area contributed by atoms with Crippen molar-refractivity contribution in [2.45, 2.75) is 38.5 Å². The number of furan rings is 1. The molecule has 2 aromatic heterocycles. The predicted octanol–water partition coefficient (Wildman–Crippen LogP) is 11.1. The van der Waals surface area contributed by atoms with Crippen LogP contribution in [0.3, 0.4) is 0 Å². The first-order valence-electron chi connectivity index (χ1n) is 15.9. The normalized spacial score (nSPS) is 17.6. The molecule has 0 amide bonds. The van der Waals surface area contributed by atoms with Gasteiger partial charge in [-0.05, 0) is 60.7 Å². The molecule has 0 N–H and O–H groups in total. The topological polar surface area (TPSA) is 18.1 Å². The molecule has 2 nitrogen and oxygen atoms in total. The summed E-state index contributed by atoms with van der Waals surface area (Å²) in [5, 5.41) is 1.30. The Morgan fingerprint density at radius 1 is 0.556 bits per heavy atom. The molecular formula is C43H37NO. The first-order chi connectivity index (χ1) is 22.0. The first kappa shape index (κ1) is 27.5. The quantitative estimate of drug-likeness (QED) is 0.197. The monoisotopic (exact) mass is 583 g/mol. The molecule has 8 rings (SSSR count). The third-order valence-electron chi connectivity index (χ3n) is 9.91. The van der Waals surface area contributed by atoms with Gasteiger partial charge in [0.25, 0.3) is 0 Å². The fraction of sp³-hybridized carbons (Fsp3) is 0.163. The van der Waals surface area contributed by atoms with E-state index in [1.807, 2.05) is 0 Å². The van der Waals surface area contributed by atoms with Crippen molar-refractivity contribution in [1.82, 2.24) is 4.57 Å². The Hall–Kier alpha value is -5.08. The van der Waals surface area contributed by atoms with Crippen LogP contribution in [0.5, 0.6) is 0 Å². The van der Waals surface area contributed by atoms with Gasteiger partial charge in [-0.3, -0.25) is 0 Å². The van der Waals surface area contributed by atoms with Gasteiger partial charge in [0.1, 0.15) is 11.5 Å². The molecule has 0 saturated heterocycles. The van der Waals surface area contributed by atoms with Gasteiger partial charge in [0, 0.05) is 58.6 Å². The Bertz CT molecular complexity index is 2130. The number of fused-ring (bicyclic) bond motifs is 2. The van der Waals surface area contributed by atoms with Crippen LogP contribution in [0.2, 0.25) is 0 Å². The highest BCUT2D eigenvalue weighted by Crippen LogP contribution is 2.62. The molecule has 0 radical (unpaired) electrons. The van der Waals surface area contributed by atoms with E-state index in [0.717, 1.165) is 17.1 Å². The highest BCUT2D eigenvalue weighted by molar-refractivity contribution is 5.90. The van der Waals surface area contributed by atoms with E-state index in [9.17, 15) is 0 Å². The lowest BCUT2D eigenvalue weighted by Gasteiger charge is -2.28. The molecule has 1 aliphatic carbocycles. The van der Waals surface area contributed by atoms with E-state index >= 15 is 0 Å². The van der Waals surface area contributed by atoms with Gasteiger partial charge in [-0.15, -0.1) is 0 Å². The molecule has 0 unspecified atom stereocenters. The van der Waals surface area contributed by atoms with Crippen LogP contribution in [0.1, 0.15) is 62.5 Å². The third-order valence-corrected chi connectivity index (χ3v) is 9.91. The highest BCUT2D eigenvalue weighted by atomic mass is 16.3. The minimum Gasteiger partial charge on any atom is -0.461 e. The molecule has 1 aliphatic rings.